The van der Waals surface area contributed by atoms with Crippen molar-refractivity contribution in [1.82, 2.24) is 5.32 Å². The molecule has 21 heavy (non-hydrogen) atoms. The highest BCUT2D eigenvalue weighted by Gasteiger charge is 2.11. The summed E-state index contributed by atoms with van der Waals surface area (Å²) in [6.45, 7) is 0.251. The van der Waals surface area contributed by atoms with Crippen LogP contribution in [0, 0.1) is 0 Å². The quantitative estimate of drug-likeness (QED) is 0.810. The number of aromatic carboxylic acids is 1. The van der Waals surface area contributed by atoms with Crippen molar-refractivity contribution in [2.45, 2.75) is 6.54 Å². The largest absolute Gasteiger partial charge is 0.478 e. The molecule has 0 saturated carbocycles. The number of hydrogen-bond donors (Lipinski definition) is 3. The van der Waals surface area contributed by atoms with Crippen molar-refractivity contribution < 1.29 is 14.7 Å². The van der Waals surface area contributed by atoms with E-state index in [4.69, 9.17) is 16.7 Å². The van der Waals surface area contributed by atoms with Crippen LogP contribution in [0.2, 0.25) is 5.02 Å². The van der Waals surface area contributed by atoms with E-state index in [1.165, 1.54) is 12.1 Å². The van der Waals surface area contributed by atoms with Crippen LogP contribution in [-0.4, -0.2) is 17.1 Å². The van der Waals surface area contributed by atoms with Gasteiger partial charge in [-0.1, -0.05) is 41.9 Å². The number of para-hydroxylation sites is 1. The highest BCUT2D eigenvalue weighted by Crippen LogP contribution is 2.16. The molecule has 0 aromatic heterocycles. The summed E-state index contributed by atoms with van der Waals surface area (Å²) in [4.78, 5) is 22.9. The fourth-order valence-electron chi connectivity index (χ4n) is 1.76. The fourth-order valence-corrected chi connectivity index (χ4v) is 1.96. The predicted octanol–water partition coefficient (Wildman–Crippen LogP) is 3.36. The molecule has 0 aliphatic heterocycles. The first kappa shape index (κ1) is 14.9. The molecule has 0 atom stereocenters. The van der Waals surface area contributed by atoms with Crippen LogP contribution in [0.25, 0.3) is 0 Å². The number of nitrogens with one attached hydrogen (secondary N) is 2. The molecular formula is C15H13ClN2O3. The zero-order chi connectivity index (χ0) is 15.2. The van der Waals surface area contributed by atoms with Gasteiger partial charge in [-0.3, -0.25) is 0 Å². The Kier molecular flexibility index (Phi) is 4.79. The van der Waals surface area contributed by atoms with Crippen molar-refractivity contribution in [2.24, 2.45) is 0 Å². The number of carbonyl (C=O) groups excluding carboxylic acids is 1. The molecule has 2 amide bonds. The van der Waals surface area contributed by atoms with Gasteiger partial charge < -0.3 is 15.7 Å². The predicted molar refractivity (Wildman–Crippen MR) is 80.7 cm³/mol. The Labute approximate surface area is 126 Å². The lowest BCUT2D eigenvalue weighted by molar-refractivity contribution is 0.0698. The third-order valence-corrected chi connectivity index (χ3v) is 3.17. The van der Waals surface area contributed by atoms with Crippen LogP contribution in [0.5, 0.6) is 0 Å². The molecule has 0 aliphatic rings. The van der Waals surface area contributed by atoms with Gasteiger partial charge >= 0.3 is 12.0 Å². The zero-order valence-corrected chi connectivity index (χ0v) is 11.7. The van der Waals surface area contributed by atoms with Crippen molar-refractivity contribution in [3.8, 4) is 0 Å². The summed E-state index contributed by atoms with van der Waals surface area (Å²) in [6, 6.07) is 12.8. The van der Waals surface area contributed by atoms with E-state index in [9.17, 15) is 9.59 Å². The van der Waals surface area contributed by atoms with E-state index in [1.807, 2.05) is 6.07 Å². The number of carboxylic acid groups (broad SMARTS) is 1. The van der Waals surface area contributed by atoms with Gasteiger partial charge in [0.15, 0.2) is 0 Å². The molecule has 0 fully saturated rings. The van der Waals surface area contributed by atoms with Crippen molar-refractivity contribution in [3.05, 3.63) is 64.7 Å². The summed E-state index contributed by atoms with van der Waals surface area (Å²) in [5.74, 6) is -1.10. The van der Waals surface area contributed by atoms with Crippen LogP contribution < -0.4 is 10.6 Å². The van der Waals surface area contributed by atoms with Gasteiger partial charge in [-0.25, -0.2) is 9.59 Å². The number of benzene rings is 2. The number of urea groups is 1. The molecular weight excluding hydrogens is 292 g/mol. The Morgan fingerprint density at radius 3 is 2.43 bits per heavy atom. The lowest BCUT2D eigenvalue weighted by atomic mass is 10.2. The van der Waals surface area contributed by atoms with Crippen LogP contribution in [0.4, 0.5) is 10.5 Å². The third-order valence-electron chi connectivity index (χ3n) is 2.80. The maximum atomic E-state index is 11.8. The Hall–Kier alpha value is -2.53. The maximum Gasteiger partial charge on any atom is 0.337 e. The van der Waals surface area contributed by atoms with Crippen LogP contribution >= 0.6 is 11.6 Å². The van der Waals surface area contributed by atoms with E-state index < -0.39 is 12.0 Å². The number of hydrogen-bond acceptors (Lipinski definition) is 2. The van der Waals surface area contributed by atoms with Gasteiger partial charge in [0.25, 0.3) is 0 Å². The number of halogens is 1. The number of amides is 2. The molecule has 5 nitrogen and oxygen atoms in total. The van der Waals surface area contributed by atoms with E-state index in [-0.39, 0.29) is 17.8 Å². The van der Waals surface area contributed by atoms with Crippen LogP contribution in [0.1, 0.15) is 15.9 Å². The first-order valence-electron chi connectivity index (χ1n) is 6.18. The summed E-state index contributed by atoms with van der Waals surface area (Å²) < 4.78 is 0. The topological polar surface area (TPSA) is 78.4 Å². The molecule has 0 unspecified atom stereocenters. The highest BCUT2D eigenvalue weighted by atomic mass is 35.5. The van der Waals surface area contributed by atoms with Crippen molar-refractivity contribution in [2.75, 3.05) is 5.32 Å². The van der Waals surface area contributed by atoms with E-state index in [2.05, 4.69) is 10.6 Å². The molecule has 2 aromatic rings. The van der Waals surface area contributed by atoms with Gasteiger partial charge in [0.1, 0.15) is 0 Å². The first-order valence-corrected chi connectivity index (χ1v) is 6.56. The monoisotopic (exact) mass is 304 g/mol. The minimum Gasteiger partial charge on any atom is -0.478 e. The van der Waals surface area contributed by atoms with Gasteiger partial charge in [0.2, 0.25) is 0 Å². The molecule has 0 aliphatic carbocycles. The van der Waals surface area contributed by atoms with Crippen LogP contribution in [-0.2, 0) is 6.54 Å². The lowest BCUT2D eigenvalue weighted by Gasteiger charge is -2.10. The van der Waals surface area contributed by atoms with Crippen LogP contribution in [0.15, 0.2) is 48.5 Å². The molecule has 2 aromatic carbocycles. The van der Waals surface area contributed by atoms with Crippen molar-refractivity contribution in [1.29, 1.82) is 0 Å². The number of rotatable bonds is 4. The average Bonchev–Trinajstić information content (AvgIpc) is 2.47. The molecule has 0 spiro atoms. The Bertz CT molecular complexity index is 673. The normalized spacial score (nSPS) is 9.95. The Balaban J connectivity index is 2.00. The van der Waals surface area contributed by atoms with Gasteiger partial charge in [-0.2, -0.15) is 0 Å². The van der Waals surface area contributed by atoms with Gasteiger partial charge in [-0.15, -0.1) is 0 Å². The maximum absolute atomic E-state index is 11.8. The fraction of sp³-hybridized carbons (Fsp3) is 0.0667. The summed E-state index contributed by atoms with van der Waals surface area (Å²) in [5.41, 5.74) is 1.05. The summed E-state index contributed by atoms with van der Waals surface area (Å²) in [7, 11) is 0. The van der Waals surface area contributed by atoms with Crippen molar-refractivity contribution in [3.63, 3.8) is 0 Å². The highest BCUT2D eigenvalue weighted by molar-refractivity contribution is 6.31. The standard InChI is InChI=1S/C15H13ClN2O3/c16-12-7-3-1-5-10(12)9-17-15(21)18-13-8-4-2-6-11(13)14(19)20/h1-8H,9H2,(H,19,20)(H2,17,18,21). The molecule has 2 rings (SSSR count). The number of carbonyl (C=O) groups is 2. The Morgan fingerprint density at radius 2 is 1.71 bits per heavy atom. The smallest absolute Gasteiger partial charge is 0.337 e. The number of anilines is 1. The summed E-state index contributed by atoms with van der Waals surface area (Å²) in [6.07, 6.45) is 0. The molecule has 0 radical (unpaired) electrons. The van der Waals surface area contributed by atoms with Crippen molar-refractivity contribution >= 4 is 29.3 Å². The van der Waals surface area contributed by atoms with E-state index >= 15 is 0 Å². The Morgan fingerprint density at radius 1 is 1.05 bits per heavy atom. The SMILES string of the molecule is O=C(NCc1ccccc1Cl)Nc1ccccc1C(=O)O. The molecule has 0 saturated heterocycles. The average molecular weight is 305 g/mol. The molecule has 0 bridgehead atoms. The lowest BCUT2D eigenvalue weighted by Crippen LogP contribution is -2.29. The van der Waals surface area contributed by atoms with E-state index in [0.29, 0.717) is 5.02 Å². The number of carboxylic acids is 1. The van der Waals surface area contributed by atoms with Crippen LogP contribution in [0.3, 0.4) is 0 Å². The molecule has 108 valence electrons. The third kappa shape index (κ3) is 3.97. The zero-order valence-electron chi connectivity index (χ0n) is 11.0. The molecule has 3 N–H and O–H groups in total. The van der Waals surface area contributed by atoms with E-state index in [1.54, 1.807) is 30.3 Å². The molecule has 6 heteroatoms. The van der Waals surface area contributed by atoms with Gasteiger partial charge in [0.05, 0.1) is 11.3 Å². The van der Waals surface area contributed by atoms with Gasteiger partial charge in [0, 0.05) is 11.6 Å². The summed E-state index contributed by atoms with van der Waals surface area (Å²) in [5, 5.41) is 14.7. The second-order valence-corrected chi connectivity index (χ2v) is 4.66. The second kappa shape index (κ2) is 6.76. The minimum absolute atomic E-state index is 0.0328. The second-order valence-electron chi connectivity index (χ2n) is 4.25. The van der Waals surface area contributed by atoms with E-state index in [0.717, 1.165) is 5.56 Å². The minimum atomic E-state index is -1.10. The summed E-state index contributed by atoms with van der Waals surface area (Å²) >= 11 is 5.99. The van der Waals surface area contributed by atoms with Gasteiger partial charge in [-0.05, 0) is 23.8 Å². The first-order chi connectivity index (χ1) is 10.1. The molecule has 0 heterocycles.